The zero-order valence-corrected chi connectivity index (χ0v) is 7.13. The monoisotopic (exact) mass is 164 g/mol. The van der Waals surface area contributed by atoms with E-state index in [-0.39, 0.29) is 6.03 Å². The smallest absolute Gasteiger partial charge is 0.321 e. The lowest BCUT2D eigenvalue weighted by Crippen LogP contribution is -2.42. The summed E-state index contributed by atoms with van der Waals surface area (Å²) in [4.78, 5) is 12.7. The lowest BCUT2D eigenvalue weighted by Gasteiger charge is -2.25. The van der Waals surface area contributed by atoms with Crippen LogP contribution in [0.15, 0.2) is 36.6 Å². The minimum atomic E-state index is -0.101. The van der Waals surface area contributed by atoms with E-state index in [1.807, 2.05) is 0 Å². The number of likely N-dealkylation sites (N-methyl/N-ethyl adjacent to an activating group) is 1. The Bertz CT molecular complexity index is 266. The van der Waals surface area contributed by atoms with E-state index in [2.05, 4.69) is 18.5 Å². The molecule has 0 aromatic heterocycles. The van der Waals surface area contributed by atoms with Crippen LogP contribution in [-0.2, 0) is 0 Å². The van der Waals surface area contributed by atoms with Gasteiger partial charge in [0, 0.05) is 19.3 Å². The molecule has 3 nitrogen and oxygen atoms in total. The van der Waals surface area contributed by atoms with E-state index < -0.39 is 0 Å². The molecule has 0 aliphatic carbocycles. The molecule has 1 rings (SSSR count). The van der Waals surface area contributed by atoms with Crippen LogP contribution in [0.5, 0.6) is 0 Å². The molecule has 1 aliphatic rings. The molecule has 0 fully saturated rings. The summed E-state index contributed by atoms with van der Waals surface area (Å²) in [6.07, 6.45) is 3.36. The fraction of sp³-hybridized carbons (Fsp3) is 0.222. The van der Waals surface area contributed by atoms with Gasteiger partial charge in [0.15, 0.2) is 0 Å². The first-order valence-corrected chi connectivity index (χ1v) is 3.69. The molecular weight excluding hydrogens is 152 g/mol. The third kappa shape index (κ3) is 1.39. The van der Waals surface area contributed by atoms with Crippen LogP contribution in [0.2, 0.25) is 0 Å². The summed E-state index contributed by atoms with van der Waals surface area (Å²) in [5.41, 5.74) is 1.75. The van der Waals surface area contributed by atoms with Gasteiger partial charge in [-0.05, 0) is 11.6 Å². The number of allylic oxidation sites excluding steroid dienone is 1. The number of carbonyl (C=O) groups excluding carboxylic acids is 1. The van der Waals surface area contributed by atoms with E-state index in [9.17, 15) is 4.79 Å². The van der Waals surface area contributed by atoms with E-state index >= 15 is 0 Å². The van der Waals surface area contributed by atoms with E-state index in [4.69, 9.17) is 0 Å². The highest BCUT2D eigenvalue weighted by atomic mass is 16.2. The van der Waals surface area contributed by atoms with Gasteiger partial charge in [0.2, 0.25) is 0 Å². The van der Waals surface area contributed by atoms with Crippen molar-refractivity contribution in [2.75, 3.05) is 13.6 Å². The summed E-state index contributed by atoms with van der Waals surface area (Å²) in [7, 11) is 1.73. The molecule has 0 radical (unpaired) electrons. The number of carbonyl (C=O) groups is 1. The minimum absolute atomic E-state index is 0.101. The molecule has 64 valence electrons. The second kappa shape index (κ2) is 3.26. The molecule has 12 heavy (non-hydrogen) atoms. The average Bonchev–Trinajstić information content (AvgIpc) is 2.09. The van der Waals surface area contributed by atoms with Crippen molar-refractivity contribution >= 4 is 6.03 Å². The Morgan fingerprint density at radius 2 is 2.17 bits per heavy atom. The van der Waals surface area contributed by atoms with Crippen LogP contribution in [0.4, 0.5) is 4.79 Å². The zero-order chi connectivity index (χ0) is 9.14. The molecule has 0 aromatic carbocycles. The number of hydrogen-bond acceptors (Lipinski definition) is 1. The van der Waals surface area contributed by atoms with E-state index in [1.165, 1.54) is 0 Å². The Kier molecular flexibility index (Phi) is 2.33. The predicted octanol–water partition coefficient (Wildman–Crippen LogP) is 1.27. The van der Waals surface area contributed by atoms with Crippen molar-refractivity contribution in [1.82, 2.24) is 10.2 Å². The van der Waals surface area contributed by atoms with Crippen molar-refractivity contribution in [3.63, 3.8) is 0 Å². The van der Waals surface area contributed by atoms with Crippen molar-refractivity contribution in [2.24, 2.45) is 0 Å². The number of amides is 2. The Labute approximate surface area is 72.1 Å². The van der Waals surface area contributed by atoms with Gasteiger partial charge in [0.05, 0.1) is 0 Å². The average molecular weight is 164 g/mol. The van der Waals surface area contributed by atoms with Gasteiger partial charge in [-0.3, -0.25) is 0 Å². The number of hydrogen-bond donors (Lipinski definition) is 1. The summed E-state index contributed by atoms with van der Waals surface area (Å²) in [5, 5.41) is 2.69. The number of urea groups is 1. The van der Waals surface area contributed by atoms with Crippen LogP contribution >= 0.6 is 0 Å². The van der Waals surface area contributed by atoms with Crippen molar-refractivity contribution in [2.45, 2.75) is 0 Å². The normalized spacial score (nSPS) is 17.4. The van der Waals surface area contributed by atoms with Crippen molar-refractivity contribution in [3.05, 3.63) is 36.6 Å². The predicted molar refractivity (Wildman–Crippen MR) is 48.6 cm³/mol. The fourth-order valence-electron chi connectivity index (χ4n) is 1.06. The number of rotatable bonds is 2. The maximum absolute atomic E-state index is 11.1. The first kappa shape index (κ1) is 8.59. The topological polar surface area (TPSA) is 32.3 Å². The second-order valence-electron chi connectivity index (χ2n) is 2.63. The summed E-state index contributed by atoms with van der Waals surface area (Å²) >= 11 is 0. The van der Waals surface area contributed by atoms with Crippen LogP contribution in [-0.4, -0.2) is 24.5 Å². The van der Waals surface area contributed by atoms with Gasteiger partial charge in [-0.25, -0.2) is 4.79 Å². The van der Waals surface area contributed by atoms with Crippen molar-refractivity contribution in [1.29, 1.82) is 0 Å². The molecule has 0 unspecified atom stereocenters. The molecule has 0 saturated carbocycles. The first-order chi connectivity index (χ1) is 5.69. The zero-order valence-electron chi connectivity index (χ0n) is 7.13. The Morgan fingerprint density at radius 3 is 2.67 bits per heavy atom. The first-order valence-electron chi connectivity index (χ1n) is 3.69. The summed E-state index contributed by atoms with van der Waals surface area (Å²) in [6.45, 7) is 7.86. The maximum Gasteiger partial charge on any atom is 0.321 e. The standard InChI is InChI=1S/C9H12N2O/c1-4-7-6-11(3)9(12)10-8(7)5-2/h4-5H,1-2,6H2,3H3,(H,10,12). The number of nitrogens with zero attached hydrogens (tertiary/aromatic N) is 1. The van der Waals surface area contributed by atoms with Gasteiger partial charge in [-0.15, -0.1) is 0 Å². The number of nitrogens with one attached hydrogen (secondary N) is 1. The quantitative estimate of drug-likeness (QED) is 0.655. The van der Waals surface area contributed by atoms with Crippen LogP contribution in [0.25, 0.3) is 0 Å². The lowest BCUT2D eigenvalue weighted by molar-refractivity contribution is 0.212. The van der Waals surface area contributed by atoms with Crippen molar-refractivity contribution in [3.8, 4) is 0 Å². The highest BCUT2D eigenvalue weighted by molar-refractivity contribution is 5.78. The third-order valence-electron chi connectivity index (χ3n) is 1.79. The summed E-state index contributed by atoms with van der Waals surface area (Å²) in [5.74, 6) is 0. The van der Waals surface area contributed by atoms with Gasteiger partial charge in [-0.2, -0.15) is 0 Å². The summed E-state index contributed by atoms with van der Waals surface area (Å²) in [6, 6.07) is -0.101. The molecule has 2 amide bonds. The SMILES string of the molecule is C=CC1=C(C=C)NC(=O)N(C)C1. The molecule has 0 saturated heterocycles. The molecule has 1 heterocycles. The maximum atomic E-state index is 11.1. The Morgan fingerprint density at radius 1 is 1.50 bits per heavy atom. The molecule has 3 heteroatoms. The Balaban J connectivity index is 2.97. The lowest BCUT2D eigenvalue weighted by atomic mass is 10.1. The van der Waals surface area contributed by atoms with Crippen LogP contribution in [0.1, 0.15) is 0 Å². The highest BCUT2D eigenvalue weighted by Crippen LogP contribution is 2.11. The van der Waals surface area contributed by atoms with Crippen LogP contribution in [0, 0.1) is 0 Å². The second-order valence-corrected chi connectivity index (χ2v) is 2.63. The van der Waals surface area contributed by atoms with Crippen molar-refractivity contribution < 1.29 is 4.79 Å². The van der Waals surface area contributed by atoms with E-state index in [1.54, 1.807) is 24.1 Å². The minimum Gasteiger partial charge on any atom is -0.323 e. The summed E-state index contributed by atoms with van der Waals surface area (Å²) < 4.78 is 0. The Hall–Kier alpha value is -1.51. The van der Waals surface area contributed by atoms with E-state index in [0.29, 0.717) is 6.54 Å². The van der Waals surface area contributed by atoms with Crippen LogP contribution in [0.3, 0.4) is 0 Å². The van der Waals surface area contributed by atoms with Gasteiger partial charge >= 0.3 is 6.03 Å². The molecule has 0 atom stereocenters. The van der Waals surface area contributed by atoms with Gasteiger partial charge in [0.25, 0.3) is 0 Å². The molecule has 0 spiro atoms. The molecular formula is C9H12N2O. The fourth-order valence-corrected chi connectivity index (χ4v) is 1.06. The third-order valence-corrected chi connectivity index (χ3v) is 1.79. The van der Waals surface area contributed by atoms with Crippen LogP contribution < -0.4 is 5.32 Å². The van der Waals surface area contributed by atoms with Gasteiger partial charge in [0.1, 0.15) is 0 Å². The van der Waals surface area contributed by atoms with Gasteiger partial charge in [-0.1, -0.05) is 19.2 Å². The molecule has 1 N–H and O–H groups in total. The molecule has 0 bridgehead atoms. The van der Waals surface area contributed by atoms with E-state index in [0.717, 1.165) is 11.3 Å². The highest BCUT2D eigenvalue weighted by Gasteiger charge is 2.17. The molecule has 1 aliphatic heterocycles. The largest absolute Gasteiger partial charge is 0.323 e. The molecule has 0 aromatic rings. The van der Waals surface area contributed by atoms with Gasteiger partial charge < -0.3 is 10.2 Å².